The van der Waals surface area contributed by atoms with Crippen molar-refractivity contribution in [3.05, 3.63) is 71.9 Å². The molecule has 0 bridgehead atoms. The quantitative estimate of drug-likeness (QED) is 0.595. The van der Waals surface area contributed by atoms with Crippen LogP contribution in [0, 0.1) is 0 Å². The maximum atomic E-state index is 12.0. The number of H-pyrrole nitrogens is 1. The van der Waals surface area contributed by atoms with Crippen molar-refractivity contribution in [2.24, 2.45) is 0 Å². The van der Waals surface area contributed by atoms with Gasteiger partial charge < -0.3 is 15.1 Å². The van der Waals surface area contributed by atoms with Crippen molar-refractivity contribution >= 4 is 23.6 Å². The van der Waals surface area contributed by atoms with Crippen LogP contribution in [-0.2, 0) is 16.0 Å². The highest BCUT2D eigenvalue weighted by Gasteiger charge is 2.37. The van der Waals surface area contributed by atoms with Crippen LogP contribution >= 0.6 is 0 Å². The molecule has 0 aliphatic carbocycles. The van der Waals surface area contributed by atoms with E-state index >= 15 is 0 Å². The standard InChI is InChI=1S/C23H25N3O2/c27-15-21(17-6-2-1-3-7-17)23-12-19(25-16-28)14-26(23)11-10-18-13-24-22-9-5-4-8-20(18)22/h1-9,13,15-16,19,21,23-24H,10-12,14H2,(H,25,28). The Morgan fingerprint density at radius 2 is 1.89 bits per heavy atom. The van der Waals surface area contributed by atoms with Gasteiger partial charge >= 0.3 is 0 Å². The van der Waals surface area contributed by atoms with E-state index in [1.54, 1.807) is 0 Å². The van der Waals surface area contributed by atoms with Crippen molar-refractivity contribution in [3.63, 3.8) is 0 Å². The number of nitrogens with zero attached hydrogens (tertiary/aromatic N) is 1. The minimum absolute atomic E-state index is 0.0802. The third-order valence-electron chi connectivity index (χ3n) is 5.84. The van der Waals surface area contributed by atoms with Crippen molar-refractivity contribution in [1.29, 1.82) is 0 Å². The molecule has 3 unspecified atom stereocenters. The monoisotopic (exact) mass is 375 g/mol. The summed E-state index contributed by atoms with van der Waals surface area (Å²) >= 11 is 0. The minimum Gasteiger partial charge on any atom is -0.361 e. The number of benzene rings is 2. The molecule has 1 aliphatic rings. The zero-order chi connectivity index (χ0) is 19.3. The highest BCUT2D eigenvalue weighted by Crippen LogP contribution is 2.30. The normalized spacial score (nSPS) is 20.9. The summed E-state index contributed by atoms with van der Waals surface area (Å²) in [5, 5.41) is 4.16. The minimum atomic E-state index is -0.192. The Hall–Kier alpha value is -2.92. The van der Waals surface area contributed by atoms with Crippen LogP contribution in [0.4, 0.5) is 0 Å². The fraction of sp³-hybridized carbons (Fsp3) is 0.304. The number of fused-ring (bicyclic) bond motifs is 1. The fourth-order valence-electron chi connectivity index (χ4n) is 4.45. The lowest BCUT2D eigenvalue weighted by molar-refractivity contribution is -0.110. The van der Waals surface area contributed by atoms with E-state index in [2.05, 4.69) is 39.6 Å². The molecule has 4 rings (SSSR count). The maximum absolute atomic E-state index is 12.0. The van der Waals surface area contributed by atoms with Gasteiger partial charge in [0.05, 0.1) is 5.92 Å². The molecule has 1 aliphatic heterocycles. The van der Waals surface area contributed by atoms with Gasteiger partial charge in [0.1, 0.15) is 6.29 Å². The first-order valence-corrected chi connectivity index (χ1v) is 9.79. The summed E-state index contributed by atoms with van der Waals surface area (Å²) in [6.45, 7) is 1.61. The van der Waals surface area contributed by atoms with Gasteiger partial charge in [-0.15, -0.1) is 0 Å². The molecule has 0 spiro atoms. The van der Waals surface area contributed by atoms with Gasteiger partial charge in [-0.25, -0.2) is 0 Å². The third-order valence-corrected chi connectivity index (χ3v) is 5.84. The first kappa shape index (κ1) is 18.4. The van der Waals surface area contributed by atoms with Crippen molar-refractivity contribution in [1.82, 2.24) is 15.2 Å². The molecule has 28 heavy (non-hydrogen) atoms. The number of hydrogen-bond acceptors (Lipinski definition) is 3. The second-order valence-corrected chi connectivity index (χ2v) is 7.46. The second kappa shape index (κ2) is 8.40. The van der Waals surface area contributed by atoms with Crippen LogP contribution in [0.15, 0.2) is 60.8 Å². The van der Waals surface area contributed by atoms with Crippen molar-refractivity contribution in [2.45, 2.75) is 30.8 Å². The maximum Gasteiger partial charge on any atom is 0.207 e. The van der Waals surface area contributed by atoms with Gasteiger partial charge in [0.15, 0.2) is 0 Å². The van der Waals surface area contributed by atoms with E-state index in [1.165, 1.54) is 10.9 Å². The Morgan fingerprint density at radius 3 is 2.68 bits per heavy atom. The first-order chi connectivity index (χ1) is 13.8. The molecule has 2 N–H and O–H groups in total. The van der Waals surface area contributed by atoms with Gasteiger partial charge in [-0.3, -0.25) is 9.69 Å². The molecule has 1 fully saturated rings. The predicted octanol–water partition coefficient (Wildman–Crippen LogP) is 2.88. The second-order valence-electron chi connectivity index (χ2n) is 7.46. The van der Waals surface area contributed by atoms with Crippen LogP contribution in [0.3, 0.4) is 0 Å². The Labute approximate surface area is 164 Å². The third kappa shape index (κ3) is 3.71. The number of hydrogen-bond donors (Lipinski definition) is 2. The lowest BCUT2D eigenvalue weighted by Gasteiger charge is -2.28. The highest BCUT2D eigenvalue weighted by atomic mass is 16.1. The Balaban J connectivity index is 1.54. The van der Waals surface area contributed by atoms with Crippen LogP contribution in [0.25, 0.3) is 10.9 Å². The highest BCUT2D eigenvalue weighted by molar-refractivity contribution is 5.83. The van der Waals surface area contributed by atoms with Crippen LogP contribution < -0.4 is 5.32 Å². The Kier molecular flexibility index (Phi) is 5.53. The molecule has 2 heterocycles. The van der Waals surface area contributed by atoms with E-state index in [1.807, 2.05) is 36.4 Å². The topological polar surface area (TPSA) is 65.2 Å². The zero-order valence-corrected chi connectivity index (χ0v) is 15.8. The van der Waals surface area contributed by atoms with Gasteiger partial charge in [0.2, 0.25) is 6.41 Å². The number of aromatic nitrogens is 1. The number of amides is 1. The van der Waals surface area contributed by atoms with Gasteiger partial charge in [-0.1, -0.05) is 48.5 Å². The van der Waals surface area contributed by atoms with Gasteiger partial charge in [0, 0.05) is 42.3 Å². The molecule has 3 atom stereocenters. The summed E-state index contributed by atoms with van der Waals surface area (Å²) in [5.41, 5.74) is 3.46. The van der Waals surface area contributed by atoms with E-state index in [9.17, 15) is 9.59 Å². The van der Waals surface area contributed by atoms with Crippen molar-refractivity contribution < 1.29 is 9.59 Å². The Bertz CT molecular complexity index is 937. The van der Waals surface area contributed by atoms with Gasteiger partial charge in [-0.05, 0) is 30.0 Å². The van der Waals surface area contributed by atoms with Crippen LogP contribution in [-0.4, -0.2) is 47.8 Å². The molecule has 0 radical (unpaired) electrons. The molecule has 3 aromatic rings. The van der Waals surface area contributed by atoms with E-state index < -0.39 is 0 Å². The van der Waals surface area contributed by atoms with E-state index in [0.29, 0.717) is 0 Å². The van der Waals surface area contributed by atoms with Crippen molar-refractivity contribution in [2.75, 3.05) is 13.1 Å². The zero-order valence-electron chi connectivity index (χ0n) is 15.8. The molecule has 5 nitrogen and oxygen atoms in total. The summed E-state index contributed by atoms with van der Waals surface area (Å²) in [5.74, 6) is -0.192. The van der Waals surface area contributed by atoms with Crippen molar-refractivity contribution in [3.8, 4) is 0 Å². The van der Waals surface area contributed by atoms with Gasteiger partial charge in [-0.2, -0.15) is 0 Å². The average molecular weight is 375 g/mol. The fourth-order valence-corrected chi connectivity index (χ4v) is 4.45. The number of likely N-dealkylation sites (tertiary alicyclic amines) is 1. The molecule has 5 heteroatoms. The molecule has 1 amide bonds. The molecular formula is C23H25N3O2. The number of rotatable bonds is 8. The lowest BCUT2D eigenvalue weighted by Crippen LogP contribution is -2.37. The molecule has 1 aromatic heterocycles. The lowest BCUT2D eigenvalue weighted by atomic mass is 9.90. The molecule has 2 aromatic carbocycles. The summed E-state index contributed by atoms with van der Waals surface area (Å²) in [4.78, 5) is 28.6. The summed E-state index contributed by atoms with van der Waals surface area (Å²) in [6, 6.07) is 18.4. The molecular weight excluding hydrogens is 350 g/mol. The molecule has 0 saturated carbocycles. The summed E-state index contributed by atoms with van der Waals surface area (Å²) < 4.78 is 0. The summed E-state index contributed by atoms with van der Waals surface area (Å²) in [6.07, 6.45) is 5.58. The first-order valence-electron chi connectivity index (χ1n) is 9.79. The van der Waals surface area contributed by atoms with Crippen LogP contribution in [0.2, 0.25) is 0 Å². The number of carbonyl (C=O) groups excluding carboxylic acids is 2. The largest absolute Gasteiger partial charge is 0.361 e. The van der Waals surface area contributed by atoms with E-state index in [4.69, 9.17) is 0 Å². The number of aromatic amines is 1. The number of nitrogens with one attached hydrogen (secondary N) is 2. The van der Waals surface area contributed by atoms with Gasteiger partial charge in [0.25, 0.3) is 0 Å². The Morgan fingerprint density at radius 1 is 1.11 bits per heavy atom. The van der Waals surface area contributed by atoms with Crippen LogP contribution in [0.1, 0.15) is 23.5 Å². The smallest absolute Gasteiger partial charge is 0.207 e. The number of para-hydroxylation sites is 1. The average Bonchev–Trinajstić information content (AvgIpc) is 3.32. The number of carbonyl (C=O) groups is 2. The molecule has 144 valence electrons. The van der Waals surface area contributed by atoms with Crippen LogP contribution in [0.5, 0.6) is 0 Å². The van der Waals surface area contributed by atoms with E-state index in [-0.39, 0.29) is 18.0 Å². The SMILES string of the molecule is O=CNC1CC(C(C=O)c2ccccc2)N(CCc2c[nH]c3ccccc23)C1. The number of aldehydes is 1. The van der Waals surface area contributed by atoms with E-state index in [0.717, 1.165) is 49.7 Å². The summed E-state index contributed by atoms with van der Waals surface area (Å²) in [7, 11) is 0. The molecule has 1 saturated heterocycles. The predicted molar refractivity (Wildman–Crippen MR) is 110 cm³/mol.